The third-order valence-electron chi connectivity index (χ3n) is 1.58. The van der Waals surface area contributed by atoms with E-state index in [2.05, 4.69) is 20.0 Å². The van der Waals surface area contributed by atoms with Gasteiger partial charge in [-0.15, -0.1) is 0 Å². The molecule has 1 aromatic rings. The molecule has 0 bridgehead atoms. The van der Waals surface area contributed by atoms with E-state index in [0.717, 1.165) is 0 Å². The van der Waals surface area contributed by atoms with E-state index in [4.69, 9.17) is 5.26 Å². The topological polar surface area (TPSA) is 70.8 Å². The van der Waals surface area contributed by atoms with Gasteiger partial charge in [0.15, 0.2) is 5.69 Å². The van der Waals surface area contributed by atoms with Gasteiger partial charge in [-0.2, -0.15) is 18.4 Å². The Morgan fingerprint density at radius 2 is 2.12 bits per heavy atom. The smallest absolute Gasteiger partial charge is 0.370 e. The molecule has 0 aromatic carbocycles. The first-order valence-corrected chi connectivity index (χ1v) is 4.62. The first-order chi connectivity index (χ1) is 8.01. The second-order valence-corrected chi connectivity index (χ2v) is 2.99. The highest BCUT2D eigenvalue weighted by atomic mass is 19.4. The van der Waals surface area contributed by atoms with Crippen LogP contribution in [0.5, 0.6) is 0 Å². The molecule has 17 heavy (non-hydrogen) atoms. The molecule has 0 amide bonds. The number of nitrogens with zero attached hydrogens (tertiary/aromatic N) is 3. The van der Waals surface area contributed by atoms with Crippen molar-refractivity contribution in [2.75, 3.05) is 25.1 Å². The van der Waals surface area contributed by atoms with Crippen LogP contribution in [-0.4, -0.2) is 35.9 Å². The van der Waals surface area contributed by atoms with E-state index in [9.17, 15) is 13.2 Å². The fourth-order valence-electron chi connectivity index (χ4n) is 0.916. The molecule has 1 aromatic heterocycles. The van der Waals surface area contributed by atoms with Crippen LogP contribution in [0.2, 0.25) is 0 Å². The standard InChI is InChI=1S/C9H9F3N4O/c10-9(11,12)6-17-2-1-14-8-5-15-7(3-13)4-16-8/h4-5H,1-2,6H2,(H,14,16). The molecule has 0 fully saturated rings. The summed E-state index contributed by atoms with van der Waals surface area (Å²) in [6.07, 6.45) is -1.73. The molecule has 0 spiro atoms. The number of aromatic nitrogens is 2. The Hall–Kier alpha value is -1.88. The van der Waals surface area contributed by atoms with Gasteiger partial charge in [0.2, 0.25) is 0 Å². The molecule has 0 radical (unpaired) electrons. The largest absolute Gasteiger partial charge is 0.411 e. The Morgan fingerprint density at radius 1 is 1.35 bits per heavy atom. The first kappa shape index (κ1) is 13.2. The van der Waals surface area contributed by atoms with Crippen LogP contribution in [0.15, 0.2) is 12.4 Å². The molecule has 92 valence electrons. The molecule has 1 rings (SSSR count). The summed E-state index contributed by atoms with van der Waals surface area (Å²) in [7, 11) is 0. The van der Waals surface area contributed by atoms with E-state index >= 15 is 0 Å². The molecule has 1 N–H and O–H groups in total. The van der Waals surface area contributed by atoms with Crippen molar-refractivity contribution in [3.8, 4) is 6.07 Å². The zero-order valence-corrected chi connectivity index (χ0v) is 8.66. The monoisotopic (exact) mass is 246 g/mol. The van der Waals surface area contributed by atoms with Crippen LogP contribution >= 0.6 is 0 Å². The zero-order chi connectivity index (χ0) is 12.7. The van der Waals surface area contributed by atoms with Gasteiger partial charge in [-0.1, -0.05) is 0 Å². The lowest BCUT2D eigenvalue weighted by Gasteiger charge is -2.08. The van der Waals surface area contributed by atoms with Crippen molar-refractivity contribution in [1.82, 2.24) is 9.97 Å². The van der Waals surface area contributed by atoms with E-state index in [1.165, 1.54) is 12.4 Å². The summed E-state index contributed by atoms with van der Waals surface area (Å²) in [6.45, 7) is -1.19. The predicted octanol–water partition coefficient (Wildman–Crippen LogP) is 1.34. The van der Waals surface area contributed by atoms with Crippen molar-refractivity contribution in [2.24, 2.45) is 0 Å². The number of nitriles is 1. The molecular weight excluding hydrogens is 237 g/mol. The van der Waals surface area contributed by atoms with Crippen LogP contribution < -0.4 is 5.32 Å². The first-order valence-electron chi connectivity index (χ1n) is 4.62. The lowest BCUT2D eigenvalue weighted by atomic mass is 10.5. The molecular formula is C9H9F3N4O. The summed E-state index contributed by atoms with van der Waals surface area (Å²) >= 11 is 0. The molecule has 0 saturated carbocycles. The SMILES string of the molecule is N#Cc1cnc(NCCOCC(F)(F)F)cn1. The van der Waals surface area contributed by atoms with E-state index in [-0.39, 0.29) is 18.8 Å². The van der Waals surface area contributed by atoms with Crippen LogP contribution in [0.1, 0.15) is 5.69 Å². The second kappa shape index (κ2) is 6.00. The van der Waals surface area contributed by atoms with Gasteiger partial charge >= 0.3 is 6.18 Å². The van der Waals surface area contributed by atoms with Gasteiger partial charge in [0.1, 0.15) is 18.5 Å². The Balaban J connectivity index is 2.20. The fourth-order valence-corrected chi connectivity index (χ4v) is 0.916. The molecule has 0 aliphatic heterocycles. The third-order valence-corrected chi connectivity index (χ3v) is 1.58. The minimum atomic E-state index is -4.31. The maximum absolute atomic E-state index is 11.7. The summed E-state index contributed by atoms with van der Waals surface area (Å²) in [4.78, 5) is 7.55. The molecule has 0 aliphatic rings. The number of hydrogen-bond donors (Lipinski definition) is 1. The molecule has 0 unspecified atom stereocenters. The number of rotatable bonds is 5. The highest BCUT2D eigenvalue weighted by Gasteiger charge is 2.27. The number of alkyl halides is 3. The van der Waals surface area contributed by atoms with Gasteiger partial charge in [-0.25, -0.2) is 9.97 Å². The van der Waals surface area contributed by atoms with Gasteiger partial charge in [0, 0.05) is 6.54 Å². The maximum Gasteiger partial charge on any atom is 0.411 e. The fraction of sp³-hybridized carbons (Fsp3) is 0.444. The summed E-state index contributed by atoms with van der Waals surface area (Å²) in [5.74, 6) is 0.375. The average molecular weight is 246 g/mol. The van der Waals surface area contributed by atoms with Crippen molar-refractivity contribution in [3.05, 3.63) is 18.1 Å². The summed E-state index contributed by atoms with van der Waals surface area (Å²) in [6, 6.07) is 1.80. The van der Waals surface area contributed by atoms with Crippen molar-refractivity contribution in [3.63, 3.8) is 0 Å². The van der Waals surface area contributed by atoms with Gasteiger partial charge in [-0.05, 0) is 0 Å². The highest BCUT2D eigenvalue weighted by Crippen LogP contribution is 2.14. The van der Waals surface area contributed by atoms with Gasteiger partial charge < -0.3 is 10.1 Å². The van der Waals surface area contributed by atoms with E-state index < -0.39 is 12.8 Å². The average Bonchev–Trinajstić information content (AvgIpc) is 2.28. The summed E-state index contributed by atoms with van der Waals surface area (Å²) in [5.41, 5.74) is 0.170. The van der Waals surface area contributed by atoms with Crippen LogP contribution in [0.25, 0.3) is 0 Å². The maximum atomic E-state index is 11.7. The summed E-state index contributed by atoms with van der Waals surface area (Å²) in [5, 5.41) is 11.2. The number of hydrogen-bond acceptors (Lipinski definition) is 5. The van der Waals surface area contributed by atoms with Gasteiger partial charge in [-0.3, -0.25) is 0 Å². The molecule has 0 atom stereocenters. The van der Waals surface area contributed by atoms with Gasteiger partial charge in [0.25, 0.3) is 0 Å². The molecule has 1 heterocycles. The van der Waals surface area contributed by atoms with Crippen molar-refractivity contribution in [2.45, 2.75) is 6.18 Å². The molecule has 8 heteroatoms. The number of anilines is 1. The number of nitrogens with one attached hydrogen (secondary N) is 1. The molecule has 0 aliphatic carbocycles. The Morgan fingerprint density at radius 3 is 2.65 bits per heavy atom. The normalized spacial score (nSPS) is 10.9. The second-order valence-electron chi connectivity index (χ2n) is 2.99. The van der Waals surface area contributed by atoms with E-state index in [1.54, 1.807) is 6.07 Å². The van der Waals surface area contributed by atoms with Crippen LogP contribution in [-0.2, 0) is 4.74 Å². The van der Waals surface area contributed by atoms with Crippen LogP contribution in [0.4, 0.5) is 19.0 Å². The number of ether oxygens (including phenoxy) is 1. The van der Waals surface area contributed by atoms with Gasteiger partial charge in [0.05, 0.1) is 19.0 Å². The van der Waals surface area contributed by atoms with Crippen molar-refractivity contribution >= 4 is 5.82 Å². The lowest BCUT2D eigenvalue weighted by molar-refractivity contribution is -0.172. The minimum absolute atomic E-state index is 0.0960. The lowest BCUT2D eigenvalue weighted by Crippen LogP contribution is -2.20. The Labute approximate surface area is 95.2 Å². The van der Waals surface area contributed by atoms with Crippen LogP contribution in [0.3, 0.4) is 0 Å². The third kappa shape index (κ3) is 5.67. The van der Waals surface area contributed by atoms with E-state index in [1.807, 2.05) is 0 Å². The predicted molar refractivity (Wildman–Crippen MR) is 52.1 cm³/mol. The van der Waals surface area contributed by atoms with Crippen LogP contribution in [0, 0.1) is 11.3 Å². The van der Waals surface area contributed by atoms with Crippen molar-refractivity contribution < 1.29 is 17.9 Å². The Bertz CT molecular complexity index is 385. The van der Waals surface area contributed by atoms with E-state index in [0.29, 0.717) is 5.82 Å². The quantitative estimate of drug-likeness (QED) is 0.794. The highest BCUT2D eigenvalue weighted by molar-refractivity contribution is 5.32. The van der Waals surface area contributed by atoms with Crippen molar-refractivity contribution in [1.29, 1.82) is 5.26 Å². The minimum Gasteiger partial charge on any atom is -0.370 e. The molecule has 0 saturated heterocycles. The number of halogens is 3. The summed E-state index contributed by atoms with van der Waals surface area (Å²) < 4.78 is 39.4. The molecule has 5 nitrogen and oxygen atoms in total. The Kier molecular flexibility index (Phi) is 4.66. The zero-order valence-electron chi connectivity index (χ0n) is 8.66.